The van der Waals surface area contributed by atoms with Gasteiger partial charge in [0.05, 0.1) is 11.0 Å². The molecule has 4 fully saturated rings. The molecule has 0 saturated heterocycles. The van der Waals surface area contributed by atoms with Crippen LogP contribution >= 0.6 is 12.0 Å². The Morgan fingerprint density at radius 3 is 2.42 bits per heavy atom. The lowest BCUT2D eigenvalue weighted by molar-refractivity contribution is -0.433. The highest BCUT2D eigenvalue weighted by atomic mass is 32.2. The first-order valence-electron chi connectivity index (χ1n) is 9.03. The van der Waals surface area contributed by atoms with Crippen molar-refractivity contribution in [3.8, 4) is 0 Å². The average Bonchev–Trinajstić information content (AvgIpc) is 2.55. The fourth-order valence-electron chi connectivity index (χ4n) is 5.70. The summed E-state index contributed by atoms with van der Waals surface area (Å²) in [6.07, 6.45) is 4.12. The van der Waals surface area contributed by atoms with Gasteiger partial charge in [-0.05, 0) is 62.2 Å². The van der Waals surface area contributed by atoms with Crippen molar-refractivity contribution in [3.05, 3.63) is 0 Å². The molecule has 4 saturated carbocycles. The second kappa shape index (κ2) is 7.16. The second-order valence-corrected chi connectivity index (χ2v) is 9.55. The van der Waals surface area contributed by atoms with Crippen molar-refractivity contribution < 1.29 is 38.0 Å². The largest absolute Gasteiger partial charge is 0.458 e. The van der Waals surface area contributed by atoms with Gasteiger partial charge in [-0.25, -0.2) is 5.26 Å². The molecule has 4 rings (SSSR count). The van der Waals surface area contributed by atoms with Gasteiger partial charge in [0.1, 0.15) is 12.0 Å². The van der Waals surface area contributed by atoms with Crippen LogP contribution in [0.4, 0.5) is 8.78 Å². The molecule has 2 N–H and O–H groups in total. The summed E-state index contributed by atoms with van der Waals surface area (Å²) in [6, 6.07) is 0. The maximum Gasteiger partial charge on any atom is 0.354 e. The lowest BCUT2D eigenvalue weighted by atomic mass is 9.43. The van der Waals surface area contributed by atoms with Crippen molar-refractivity contribution in [1.82, 2.24) is 0 Å². The van der Waals surface area contributed by atoms with E-state index in [1.807, 2.05) is 0 Å². The van der Waals surface area contributed by atoms with E-state index in [9.17, 15) is 18.7 Å². The number of alkyl halides is 2. The van der Waals surface area contributed by atoms with E-state index in [1.54, 1.807) is 0 Å². The van der Waals surface area contributed by atoms with Gasteiger partial charge >= 0.3 is 11.2 Å². The number of carbonyl (C=O) groups is 1. The summed E-state index contributed by atoms with van der Waals surface area (Å²) in [5.74, 6) is 0.112. The van der Waals surface area contributed by atoms with Gasteiger partial charge in [0.2, 0.25) is 0 Å². The molecule has 0 amide bonds. The van der Waals surface area contributed by atoms with Gasteiger partial charge in [-0.2, -0.15) is 8.78 Å². The van der Waals surface area contributed by atoms with E-state index >= 15 is 0 Å². The number of esters is 1. The summed E-state index contributed by atoms with van der Waals surface area (Å²) in [6.45, 7) is 2.99. The highest BCUT2D eigenvalue weighted by Gasteiger charge is 2.64. The molecule has 4 bridgehead atoms. The molecule has 0 radical (unpaired) electrons. The molecule has 0 aromatic carbocycles. The van der Waals surface area contributed by atoms with Crippen LogP contribution in [0.2, 0.25) is 0 Å². The smallest absolute Gasteiger partial charge is 0.354 e. The molecular formula is C17H26F2O6S. The van der Waals surface area contributed by atoms with Crippen LogP contribution in [0.3, 0.4) is 0 Å². The summed E-state index contributed by atoms with van der Waals surface area (Å²) in [5, 5.41) is 18.9. The fraction of sp³-hybridized carbons (Fsp3) is 0.941. The van der Waals surface area contributed by atoms with Crippen LogP contribution in [0.1, 0.15) is 52.4 Å². The lowest BCUT2D eigenvalue weighted by Gasteiger charge is -2.62. The van der Waals surface area contributed by atoms with Crippen LogP contribution < -0.4 is 0 Å². The highest BCUT2D eigenvalue weighted by molar-refractivity contribution is 7.95. The molecule has 0 spiro atoms. The first kappa shape index (κ1) is 20.3. The molecule has 26 heavy (non-hydrogen) atoms. The Bertz CT molecular complexity index is 527. The van der Waals surface area contributed by atoms with Gasteiger partial charge in [0.25, 0.3) is 0 Å². The van der Waals surface area contributed by atoms with Crippen LogP contribution in [0.15, 0.2) is 0 Å². The minimum absolute atomic E-state index is 0.0182. The molecule has 0 aliphatic heterocycles. The Balaban J connectivity index is 1.67. The molecule has 2 unspecified atom stereocenters. The molecule has 0 aromatic heterocycles. The van der Waals surface area contributed by atoms with E-state index in [0.717, 1.165) is 12.8 Å². The Kier molecular flexibility index (Phi) is 5.58. The summed E-state index contributed by atoms with van der Waals surface area (Å²) in [4.78, 5) is 12.7. The molecule has 4 aliphatic rings. The number of hydrogen-bond acceptors (Lipinski definition) is 7. The number of hydrogen-bond donors (Lipinski definition) is 2. The standard InChI is InChI=1S/C17H26F2O6S/c1-10(2)5-16(21)12-3-11-4-13(16)8-15(6-11,7-12)14(20)23-9-17(18,19)26-25-24-22/h10-13,21-22H,3-9H2,1-2H3. The minimum atomic E-state index is -3.53. The SMILES string of the molecule is CC(C)CC1(O)C2CC3CC1CC(C(=O)OCC(F)(F)SOOO)(C3)C2. The normalized spacial score (nSPS) is 38.8. The van der Waals surface area contributed by atoms with E-state index in [1.165, 1.54) is 0 Å². The predicted octanol–water partition coefficient (Wildman–Crippen LogP) is 3.80. The maximum absolute atomic E-state index is 13.5. The van der Waals surface area contributed by atoms with Crippen molar-refractivity contribution in [3.63, 3.8) is 0 Å². The van der Waals surface area contributed by atoms with Gasteiger partial charge in [-0.1, -0.05) is 18.9 Å². The molecule has 0 aromatic rings. The third-order valence-corrected chi connectivity index (χ3v) is 6.82. The maximum atomic E-state index is 13.5. The lowest BCUT2D eigenvalue weighted by Crippen LogP contribution is -2.63. The molecule has 4 aliphatic carbocycles. The van der Waals surface area contributed by atoms with Crippen LogP contribution in [0, 0.1) is 29.1 Å². The summed E-state index contributed by atoms with van der Waals surface area (Å²) < 4.78 is 35.7. The zero-order chi connectivity index (χ0) is 19.2. The monoisotopic (exact) mass is 396 g/mol. The Morgan fingerprint density at radius 1 is 1.27 bits per heavy atom. The summed E-state index contributed by atoms with van der Waals surface area (Å²) in [5.41, 5.74) is -1.53. The molecule has 150 valence electrons. The van der Waals surface area contributed by atoms with Gasteiger partial charge in [0, 0.05) is 0 Å². The molecular weight excluding hydrogens is 370 g/mol. The van der Waals surface area contributed by atoms with Gasteiger partial charge in [-0.3, -0.25) is 4.79 Å². The minimum Gasteiger partial charge on any atom is -0.458 e. The fourth-order valence-corrected chi connectivity index (χ4v) is 5.94. The zero-order valence-corrected chi connectivity index (χ0v) is 15.8. The summed E-state index contributed by atoms with van der Waals surface area (Å²) in [7, 11) is 0. The zero-order valence-electron chi connectivity index (χ0n) is 15.0. The third kappa shape index (κ3) is 3.73. The first-order chi connectivity index (χ1) is 12.1. The molecule has 6 nitrogen and oxygen atoms in total. The van der Waals surface area contributed by atoms with Crippen molar-refractivity contribution in [1.29, 1.82) is 0 Å². The van der Waals surface area contributed by atoms with Gasteiger partial charge in [-0.15, -0.1) is 4.33 Å². The van der Waals surface area contributed by atoms with Crippen molar-refractivity contribution in [2.24, 2.45) is 29.1 Å². The van der Waals surface area contributed by atoms with Gasteiger partial charge in [0.15, 0.2) is 6.61 Å². The number of carbonyl (C=O) groups excluding carboxylic acids is 1. The number of rotatable bonds is 8. The summed E-state index contributed by atoms with van der Waals surface area (Å²) >= 11 is -0.418. The van der Waals surface area contributed by atoms with Crippen LogP contribution in [0.25, 0.3) is 0 Å². The number of halogens is 2. The predicted molar refractivity (Wildman–Crippen MR) is 88.7 cm³/mol. The van der Waals surface area contributed by atoms with Crippen molar-refractivity contribution in [2.45, 2.75) is 63.2 Å². The van der Waals surface area contributed by atoms with Crippen LogP contribution in [-0.4, -0.2) is 33.8 Å². The first-order valence-corrected chi connectivity index (χ1v) is 9.78. The number of aliphatic hydroxyl groups is 1. The Morgan fingerprint density at radius 2 is 1.88 bits per heavy atom. The van der Waals surface area contributed by atoms with Crippen molar-refractivity contribution >= 4 is 18.0 Å². The van der Waals surface area contributed by atoms with Gasteiger partial charge < -0.3 is 9.84 Å². The van der Waals surface area contributed by atoms with E-state index in [4.69, 9.17) is 9.99 Å². The topological polar surface area (TPSA) is 85.2 Å². The Hall–Kier alpha value is -0.480. The molecule has 0 heterocycles. The average molecular weight is 396 g/mol. The number of ether oxygens (including phenoxy) is 1. The quantitative estimate of drug-likeness (QED) is 0.279. The van der Waals surface area contributed by atoms with Crippen molar-refractivity contribution in [2.75, 3.05) is 6.61 Å². The third-order valence-electron chi connectivity index (χ3n) is 6.33. The van der Waals surface area contributed by atoms with E-state index in [2.05, 4.69) is 23.2 Å². The Labute approximate surface area is 155 Å². The molecule has 2 atom stereocenters. The highest BCUT2D eigenvalue weighted by Crippen LogP contribution is 2.65. The van der Waals surface area contributed by atoms with E-state index < -0.39 is 40.9 Å². The van der Waals surface area contributed by atoms with E-state index in [-0.39, 0.29) is 11.8 Å². The second-order valence-electron chi connectivity index (χ2n) is 8.65. The van der Waals surface area contributed by atoms with E-state index in [0.29, 0.717) is 37.5 Å². The van der Waals surface area contributed by atoms with Crippen LogP contribution in [-0.2, 0) is 18.9 Å². The van der Waals surface area contributed by atoms with Crippen LogP contribution in [0.5, 0.6) is 0 Å². The molecule has 9 heteroatoms.